The maximum Gasteiger partial charge on any atom is 0.203 e. The van der Waals surface area contributed by atoms with Crippen molar-refractivity contribution in [2.45, 2.75) is 13.8 Å². The molecule has 0 aliphatic rings. The van der Waals surface area contributed by atoms with E-state index in [4.69, 9.17) is 0 Å². The highest BCUT2D eigenvalue weighted by atomic mass is 15.3. The highest BCUT2D eigenvalue weighted by Crippen LogP contribution is 2.17. The summed E-state index contributed by atoms with van der Waals surface area (Å²) in [5.41, 5.74) is 7.94. The largest absolute Gasteiger partial charge is 0.336 e. The maximum absolute atomic E-state index is 9.33. The van der Waals surface area contributed by atoms with Crippen molar-refractivity contribution in [2.24, 2.45) is 5.10 Å². The third-order valence-corrected chi connectivity index (χ3v) is 3.40. The van der Waals surface area contributed by atoms with Crippen LogP contribution in [0.5, 0.6) is 0 Å². The van der Waals surface area contributed by atoms with E-state index in [2.05, 4.69) is 26.6 Å². The number of imidazole rings is 1. The molecule has 0 spiro atoms. The summed E-state index contributed by atoms with van der Waals surface area (Å²) in [5, 5.41) is 13.5. The number of para-hydroxylation sites is 2. The zero-order chi connectivity index (χ0) is 15.5. The fourth-order valence-electron chi connectivity index (χ4n) is 2.17. The Hall–Kier alpha value is -3.13. The van der Waals surface area contributed by atoms with Crippen molar-refractivity contribution < 1.29 is 0 Å². The summed E-state index contributed by atoms with van der Waals surface area (Å²) < 4.78 is 0. The van der Waals surface area contributed by atoms with Crippen LogP contribution >= 0.6 is 0 Å². The fourth-order valence-corrected chi connectivity index (χ4v) is 2.17. The van der Waals surface area contributed by atoms with E-state index in [0.29, 0.717) is 5.82 Å². The Balaban J connectivity index is 1.93. The number of hydrazone groups is 1. The average Bonchev–Trinajstić information content (AvgIpc) is 2.95. The molecular formula is C17H15N5. The highest BCUT2D eigenvalue weighted by molar-refractivity contribution is 6.10. The number of benzene rings is 2. The number of rotatable bonds is 3. The number of nitriles is 1. The first-order valence-electron chi connectivity index (χ1n) is 6.93. The van der Waals surface area contributed by atoms with Crippen LogP contribution in [0.25, 0.3) is 11.0 Å². The van der Waals surface area contributed by atoms with Crippen LogP contribution in [-0.4, -0.2) is 15.7 Å². The second kappa shape index (κ2) is 5.70. The lowest BCUT2D eigenvalue weighted by atomic mass is 10.1. The van der Waals surface area contributed by atoms with Gasteiger partial charge in [0, 0.05) is 0 Å². The molecule has 22 heavy (non-hydrogen) atoms. The van der Waals surface area contributed by atoms with Crippen LogP contribution in [0.3, 0.4) is 0 Å². The first kappa shape index (κ1) is 13.8. The predicted molar refractivity (Wildman–Crippen MR) is 87.8 cm³/mol. The molecule has 0 radical (unpaired) electrons. The van der Waals surface area contributed by atoms with Gasteiger partial charge in [-0.1, -0.05) is 24.3 Å². The number of anilines is 1. The Labute approximate surface area is 128 Å². The van der Waals surface area contributed by atoms with E-state index in [0.717, 1.165) is 27.8 Å². The standard InChI is InChI=1S/C17H15N5/c1-11-7-8-12(2)15(9-11)21-22-16(10-18)17-19-13-5-3-4-6-14(13)20-17/h3-9,21H,1-2H3,(H,19,20). The van der Waals surface area contributed by atoms with Gasteiger partial charge in [-0.15, -0.1) is 0 Å². The van der Waals surface area contributed by atoms with E-state index >= 15 is 0 Å². The Morgan fingerprint density at radius 1 is 1.23 bits per heavy atom. The first-order valence-corrected chi connectivity index (χ1v) is 6.93. The number of nitrogens with zero attached hydrogens (tertiary/aromatic N) is 3. The van der Waals surface area contributed by atoms with E-state index in [1.165, 1.54) is 0 Å². The molecule has 5 nitrogen and oxygen atoms in total. The van der Waals surface area contributed by atoms with Gasteiger partial charge in [-0.2, -0.15) is 10.4 Å². The quantitative estimate of drug-likeness (QED) is 0.572. The van der Waals surface area contributed by atoms with Crippen molar-refractivity contribution in [2.75, 3.05) is 5.43 Å². The lowest BCUT2D eigenvalue weighted by Crippen LogP contribution is -2.04. The van der Waals surface area contributed by atoms with Crippen LogP contribution < -0.4 is 5.43 Å². The van der Waals surface area contributed by atoms with E-state index in [1.807, 2.05) is 56.3 Å². The summed E-state index contributed by atoms with van der Waals surface area (Å²) in [7, 11) is 0. The van der Waals surface area contributed by atoms with Crippen molar-refractivity contribution in [1.82, 2.24) is 9.97 Å². The lowest BCUT2D eigenvalue weighted by molar-refractivity contribution is 1.24. The summed E-state index contributed by atoms with van der Waals surface area (Å²) in [6, 6.07) is 15.8. The number of nitrogens with one attached hydrogen (secondary N) is 2. The molecule has 5 heteroatoms. The minimum Gasteiger partial charge on any atom is -0.336 e. The highest BCUT2D eigenvalue weighted by Gasteiger charge is 2.09. The molecule has 2 N–H and O–H groups in total. The molecule has 1 aromatic heterocycles. The zero-order valence-electron chi connectivity index (χ0n) is 12.4. The van der Waals surface area contributed by atoms with Gasteiger partial charge in [0.2, 0.25) is 5.71 Å². The van der Waals surface area contributed by atoms with E-state index < -0.39 is 0 Å². The predicted octanol–water partition coefficient (Wildman–Crippen LogP) is 3.52. The van der Waals surface area contributed by atoms with Gasteiger partial charge in [-0.3, -0.25) is 5.43 Å². The molecule has 0 saturated carbocycles. The summed E-state index contributed by atoms with van der Waals surface area (Å²) in [6.45, 7) is 4.00. The molecule has 0 saturated heterocycles. The van der Waals surface area contributed by atoms with Crippen LogP contribution in [-0.2, 0) is 0 Å². The van der Waals surface area contributed by atoms with Gasteiger partial charge in [0.25, 0.3) is 0 Å². The number of aryl methyl sites for hydroxylation is 2. The van der Waals surface area contributed by atoms with E-state index in [-0.39, 0.29) is 5.71 Å². The number of hydrogen-bond acceptors (Lipinski definition) is 4. The van der Waals surface area contributed by atoms with Gasteiger partial charge < -0.3 is 4.98 Å². The molecule has 0 aliphatic carbocycles. The first-order chi connectivity index (χ1) is 10.7. The molecule has 2 aromatic carbocycles. The zero-order valence-corrected chi connectivity index (χ0v) is 12.4. The van der Waals surface area contributed by atoms with Gasteiger partial charge in [-0.25, -0.2) is 4.98 Å². The number of hydrogen-bond donors (Lipinski definition) is 2. The monoisotopic (exact) mass is 289 g/mol. The van der Waals surface area contributed by atoms with Crippen molar-refractivity contribution in [3.63, 3.8) is 0 Å². The third-order valence-electron chi connectivity index (χ3n) is 3.40. The summed E-state index contributed by atoms with van der Waals surface area (Å²) >= 11 is 0. The Morgan fingerprint density at radius 2 is 2.05 bits per heavy atom. The van der Waals surface area contributed by atoms with Crippen LogP contribution in [0.4, 0.5) is 5.69 Å². The molecule has 0 aliphatic heterocycles. The minimum atomic E-state index is 0.220. The van der Waals surface area contributed by atoms with Crippen molar-refractivity contribution in [3.8, 4) is 6.07 Å². The Bertz CT molecular complexity index is 866. The summed E-state index contributed by atoms with van der Waals surface area (Å²) in [6.07, 6.45) is 0. The molecule has 3 rings (SSSR count). The molecule has 108 valence electrons. The third kappa shape index (κ3) is 2.67. The smallest absolute Gasteiger partial charge is 0.203 e. The Morgan fingerprint density at radius 3 is 2.82 bits per heavy atom. The van der Waals surface area contributed by atoms with E-state index in [1.54, 1.807) is 0 Å². The number of aromatic amines is 1. The molecule has 0 unspecified atom stereocenters. The van der Waals surface area contributed by atoms with Gasteiger partial charge in [0.05, 0.1) is 16.7 Å². The topological polar surface area (TPSA) is 76.9 Å². The number of H-pyrrole nitrogens is 1. The lowest BCUT2D eigenvalue weighted by Gasteiger charge is -2.06. The summed E-state index contributed by atoms with van der Waals surface area (Å²) in [5.74, 6) is 0.460. The van der Waals surface area contributed by atoms with Crippen LogP contribution in [0.2, 0.25) is 0 Å². The molecule has 0 atom stereocenters. The molecular weight excluding hydrogens is 274 g/mol. The number of fused-ring (bicyclic) bond motifs is 1. The van der Waals surface area contributed by atoms with Crippen LogP contribution in [0, 0.1) is 25.2 Å². The van der Waals surface area contributed by atoms with Crippen molar-refractivity contribution >= 4 is 22.4 Å². The SMILES string of the molecule is Cc1ccc(C)c(NN=C(C#N)c2nc3ccccc3[nH]2)c1. The molecule has 1 heterocycles. The van der Waals surface area contributed by atoms with Crippen LogP contribution in [0.15, 0.2) is 47.6 Å². The molecule has 0 fully saturated rings. The maximum atomic E-state index is 9.33. The normalized spacial score (nSPS) is 11.4. The minimum absolute atomic E-state index is 0.220. The second-order valence-electron chi connectivity index (χ2n) is 5.10. The second-order valence-corrected chi connectivity index (χ2v) is 5.10. The van der Waals surface area contributed by atoms with Crippen molar-refractivity contribution in [1.29, 1.82) is 5.26 Å². The number of aromatic nitrogens is 2. The van der Waals surface area contributed by atoms with Gasteiger partial charge in [-0.05, 0) is 43.2 Å². The Kier molecular flexibility index (Phi) is 3.58. The molecule has 3 aromatic rings. The van der Waals surface area contributed by atoms with E-state index in [9.17, 15) is 5.26 Å². The average molecular weight is 289 g/mol. The van der Waals surface area contributed by atoms with Gasteiger partial charge in [0.15, 0.2) is 5.82 Å². The van der Waals surface area contributed by atoms with Crippen LogP contribution in [0.1, 0.15) is 17.0 Å². The molecule has 0 amide bonds. The fraction of sp³-hybridized carbons (Fsp3) is 0.118. The summed E-state index contributed by atoms with van der Waals surface area (Å²) in [4.78, 5) is 7.49. The van der Waals surface area contributed by atoms with Crippen molar-refractivity contribution in [3.05, 3.63) is 59.4 Å². The molecule has 0 bridgehead atoms. The van der Waals surface area contributed by atoms with Gasteiger partial charge in [0.1, 0.15) is 6.07 Å². The van der Waals surface area contributed by atoms with Gasteiger partial charge >= 0.3 is 0 Å².